The normalized spacial score (nSPS) is 16.5. The maximum Gasteiger partial charge on any atom is 0.270 e. The molecule has 22 heavy (non-hydrogen) atoms. The zero-order valence-corrected chi connectivity index (χ0v) is 13.7. The van der Waals surface area contributed by atoms with E-state index in [0.717, 1.165) is 0 Å². The lowest BCUT2D eigenvalue weighted by Crippen LogP contribution is -2.54. The molecule has 2 N–H and O–H groups in total. The summed E-state index contributed by atoms with van der Waals surface area (Å²) in [5.74, 6) is 0.574. The van der Waals surface area contributed by atoms with Crippen LogP contribution in [0, 0.1) is 0 Å². The van der Waals surface area contributed by atoms with Gasteiger partial charge in [-0.1, -0.05) is 0 Å². The molecule has 0 aliphatic carbocycles. The number of Topliss-reactive ketones (excluding diaryl/α,β-unsaturated/α-hetero) is 1. The summed E-state index contributed by atoms with van der Waals surface area (Å²) >= 11 is 0. The van der Waals surface area contributed by atoms with Crippen LogP contribution in [-0.4, -0.2) is 29.9 Å². The molecule has 0 fully saturated rings. The van der Waals surface area contributed by atoms with Gasteiger partial charge in [0.2, 0.25) is 0 Å². The first-order valence-corrected chi connectivity index (χ1v) is 7.68. The average Bonchev–Trinajstić information content (AvgIpc) is 2.44. The standard InChI is InChI=1S/C17H24N2O3/c1-11(2)19-13-10-12(14(20)6-5-9-18)7-8-15(13)22-17(3,4)16(19)21/h7-8,10-11H,5-6,9,18H2,1-4H3. The van der Waals surface area contributed by atoms with Crippen molar-refractivity contribution < 1.29 is 14.3 Å². The second kappa shape index (κ2) is 6.08. The van der Waals surface area contributed by atoms with E-state index in [1.54, 1.807) is 36.9 Å². The molecule has 120 valence electrons. The third-order valence-corrected chi connectivity index (χ3v) is 3.76. The number of rotatable bonds is 5. The van der Waals surface area contributed by atoms with Gasteiger partial charge in [-0.2, -0.15) is 0 Å². The van der Waals surface area contributed by atoms with E-state index in [0.29, 0.717) is 36.4 Å². The van der Waals surface area contributed by atoms with Crippen LogP contribution in [0.4, 0.5) is 5.69 Å². The Morgan fingerprint density at radius 2 is 2.05 bits per heavy atom. The third-order valence-electron chi connectivity index (χ3n) is 3.76. The van der Waals surface area contributed by atoms with Crippen molar-refractivity contribution in [3.63, 3.8) is 0 Å². The van der Waals surface area contributed by atoms with E-state index in [2.05, 4.69) is 0 Å². The van der Waals surface area contributed by atoms with Crippen molar-refractivity contribution in [3.05, 3.63) is 23.8 Å². The van der Waals surface area contributed by atoms with Crippen LogP contribution < -0.4 is 15.4 Å². The summed E-state index contributed by atoms with van der Waals surface area (Å²) in [5.41, 5.74) is 5.81. The molecule has 1 aromatic rings. The van der Waals surface area contributed by atoms with Gasteiger partial charge in [0.25, 0.3) is 5.91 Å². The van der Waals surface area contributed by atoms with E-state index >= 15 is 0 Å². The monoisotopic (exact) mass is 304 g/mol. The summed E-state index contributed by atoms with van der Waals surface area (Å²) in [5, 5.41) is 0. The fourth-order valence-electron chi connectivity index (χ4n) is 2.60. The van der Waals surface area contributed by atoms with Crippen LogP contribution in [0.25, 0.3) is 0 Å². The Balaban J connectivity index is 2.43. The number of amides is 1. The highest BCUT2D eigenvalue weighted by Crippen LogP contribution is 2.39. The zero-order chi connectivity index (χ0) is 16.5. The molecule has 5 heteroatoms. The summed E-state index contributed by atoms with van der Waals surface area (Å²) < 4.78 is 5.81. The van der Waals surface area contributed by atoms with Gasteiger partial charge >= 0.3 is 0 Å². The zero-order valence-electron chi connectivity index (χ0n) is 13.7. The molecule has 0 spiro atoms. The molecule has 5 nitrogen and oxygen atoms in total. The van der Waals surface area contributed by atoms with E-state index in [1.165, 1.54) is 0 Å². The topological polar surface area (TPSA) is 72.6 Å². The molecule has 0 saturated carbocycles. The van der Waals surface area contributed by atoms with Gasteiger partial charge in [0.1, 0.15) is 5.75 Å². The predicted molar refractivity (Wildman–Crippen MR) is 86.4 cm³/mol. The minimum atomic E-state index is -0.900. The molecule has 1 aromatic carbocycles. The van der Waals surface area contributed by atoms with E-state index in [-0.39, 0.29) is 17.7 Å². The molecule has 1 amide bonds. The van der Waals surface area contributed by atoms with Gasteiger partial charge < -0.3 is 15.4 Å². The highest BCUT2D eigenvalue weighted by Gasteiger charge is 2.42. The number of ether oxygens (including phenoxy) is 1. The minimum Gasteiger partial charge on any atom is -0.476 e. The first-order chi connectivity index (χ1) is 10.3. The van der Waals surface area contributed by atoms with Gasteiger partial charge in [0.15, 0.2) is 11.4 Å². The van der Waals surface area contributed by atoms with Crippen LogP contribution in [0.15, 0.2) is 18.2 Å². The maximum atomic E-state index is 12.6. The lowest BCUT2D eigenvalue weighted by Gasteiger charge is -2.41. The van der Waals surface area contributed by atoms with Crippen LogP contribution in [0.2, 0.25) is 0 Å². The average molecular weight is 304 g/mol. The Labute approximate surface area is 131 Å². The van der Waals surface area contributed by atoms with Crippen LogP contribution >= 0.6 is 0 Å². The SMILES string of the molecule is CC(C)N1C(=O)C(C)(C)Oc2ccc(C(=O)CCCN)cc21. The number of nitrogens with zero attached hydrogens (tertiary/aromatic N) is 1. The summed E-state index contributed by atoms with van der Waals surface area (Å²) in [6.07, 6.45) is 1.07. The molecule has 1 aliphatic heterocycles. The smallest absolute Gasteiger partial charge is 0.270 e. The Morgan fingerprint density at radius 1 is 1.36 bits per heavy atom. The maximum absolute atomic E-state index is 12.6. The summed E-state index contributed by atoms with van der Waals surface area (Å²) in [4.78, 5) is 26.5. The molecular weight excluding hydrogens is 280 g/mol. The Morgan fingerprint density at radius 3 is 2.64 bits per heavy atom. The lowest BCUT2D eigenvalue weighted by molar-refractivity contribution is -0.133. The summed E-state index contributed by atoms with van der Waals surface area (Å²) in [6, 6.07) is 5.27. The number of carbonyl (C=O) groups is 2. The first kappa shape index (κ1) is 16.5. The second-order valence-electron chi connectivity index (χ2n) is 6.38. The van der Waals surface area contributed by atoms with Gasteiger partial charge in [0.05, 0.1) is 5.69 Å². The highest BCUT2D eigenvalue weighted by atomic mass is 16.5. The van der Waals surface area contributed by atoms with Crippen molar-refractivity contribution in [3.8, 4) is 5.75 Å². The lowest BCUT2D eigenvalue weighted by atomic mass is 9.99. The molecule has 1 heterocycles. The van der Waals surface area contributed by atoms with Crippen LogP contribution in [0.3, 0.4) is 0 Å². The summed E-state index contributed by atoms with van der Waals surface area (Å²) in [7, 11) is 0. The van der Waals surface area contributed by atoms with Gasteiger partial charge in [-0.25, -0.2) is 0 Å². The Bertz CT molecular complexity index is 594. The van der Waals surface area contributed by atoms with Crippen LogP contribution in [0.1, 0.15) is 50.9 Å². The van der Waals surface area contributed by atoms with Crippen molar-refractivity contribution in [2.24, 2.45) is 5.73 Å². The fourth-order valence-corrected chi connectivity index (χ4v) is 2.60. The highest BCUT2D eigenvalue weighted by molar-refractivity contribution is 6.05. The Kier molecular flexibility index (Phi) is 4.56. The largest absolute Gasteiger partial charge is 0.476 e. The second-order valence-corrected chi connectivity index (χ2v) is 6.38. The van der Waals surface area contributed by atoms with Gasteiger partial charge in [-0.3, -0.25) is 9.59 Å². The van der Waals surface area contributed by atoms with Crippen molar-refractivity contribution in [2.75, 3.05) is 11.4 Å². The quantitative estimate of drug-likeness (QED) is 0.848. The van der Waals surface area contributed by atoms with Crippen molar-refractivity contribution in [1.29, 1.82) is 0 Å². The summed E-state index contributed by atoms with van der Waals surface area (Å²) in [6.45, 7) is 7.91. The van der Waals surface area contributed by atoms with Crippen molar-refractivity contribution in [1.82, 2.24) is 0 Å². The number of anilines is 1. The van der Waals surface area contributed by atoms with Gasteiger partial charge in [-0.05, 0) is 58.9 Å². The molecule has 2 rings (SSSR count). The van der Waals surface area contributed by atoms with Crippen molar-refractivity contribution in [2.45, 2.75) is 52.2 Å². The van der Waals surface area contributed by atoms with E-state index < -0.39 is 5.60 Å². The molecular formula is C17H24N2O3. The van der Waals surface area contributed by atoms with E-state index in [4.69, 9.17) is 10.5 Å². The number of hydrogen-bond acceptors (Lipinski definition) is 4. The minimum absolute atomic E-state index is 0.0104. The number of benzene rings is 1. The number of ketones is 1. The van der Waals surface area contributed by atoms with Gasteiger partial charge in [0, 0.05) is 18.0 Å². The van der Waals surface area contributed by atoms with Crippen LogP contribution in [-0.2, 0) is 4.79 Å². The first-order valence-electron chi connectivity index (χ1n) is 7.68. The molecule has 0 radical (unpaired) electrons. The fraction of sp³-hybridized carbons (Fsp3) is 0.529. The number of nitrogens with two attached hydrogens (primary N) is 1. The van der Waals surface area contributed by atoms with E-state index in [9.17, 15) is 9.59 Å². The molecule has 0 bridgehead atoms. The molecule has 0 aromatic heterocycles. The Hall–Kier alpha value is -1.88. The predicted octanol–water partition coefficient (Wildman–Crippen LogP) is 2.52. The molecule has 0 saturated heterocycles. The van der Waals surface area contributed by atoms with Crippen molar-refractivity contribution >= 4 is 17.4 Å². The number of carbonyl (C=O) groups excluding carboxylic acids is 2. The molecule has 0 atom stereocenters. The molecule has 0 unspecified atom stereocenters. The third kappa shape index (κ3) is 2.99. The van der Waals surface area contributed by atoms with Crippen LogP contribution in [0.5, 0.6) is 5.75 Å². The number of fused-ring (bicyclic) bond motifs is 1. The number of hydrogen-bond donors (Lipinski definition) is 1. The van der Waals surface area contributed by atoms with E-state index in [1.807, 2.05) is 13.8 Å². The van der Waals surface area contributed by atoms with Gasteiger partial charge in [-0.15, -0.1) is 0 Å². The molecule has 1 aliphatic rings.